The summed E-state index contributed by atoms with van der Waals surface area (Å²) in [5.41, 5.74) is 12.6. The first-order chi connectivity index (χ1) is 28.2. The molecule has 0 bridgehead atoms. The van der Waals surface area contributed by atoms with Crippen molar-refractivity contribution in [2.75, 3.05) is 0 Å². The fourth-order valence-electron chi connectivity index (χ4n) is 8.26. The molecule has 0 amide bonds. The highest BCUT2D eigenvalue weighted by atomic mass is 32.1. The Labute approximate surface area is 330 Å². The van der Waals surface area contributed by atoms with E-state index in [2.05, 4.69) is 140 Å². The van der Waals surface area contributed by atoms with Crippen LogP contribution in [0, 0.1) is 0 Å². The van der Waals surface area contributed by atoms with Crippen LogP contribution in [0.2, 0.25) is 0 Å². The van der Waals surface area contributed by atoms with Crippen molar-refractivity contribution < 1.29 is 8.83 Å². The largest absolute Gasteiger partial charge is 0.456 e. The van der Waals surface area contributed by atoms with E-state index in [0.717, 1.165) is 94.2 Å². The van der Waals surface area contributed by atoms with E-state index in [0.29, 0.717) is 5.82 Å². The Morgan fingerprint density at radius 3 is 1.46 bits per heavy atom. The number of nitrogens with zero attached hydrogens (tertiary/aromatic N) is 2. The SMILES string of the molecule is c1ccc(-c2nc(-c3cc(-c4ccc5oc6ccccc6c5c4)cc(-c4ccc5oc6ccccc6c5c4)c3)cc(-c3ccc4sc5ccccc5c4c3)n2)cc1. The van der Waals surface area contributed by atoms with Crippen LogP contribution in [0.4, 0.5) is 0 Å². The van der Waals surface area contributed by atoms with Crippen molar-refractivity contribution in [1.82, 2.24) is 9.97 Å². The van der Waals surface area contributed by atoms with Crippen molar-refractivity contribution in [3.63, 3.8) is 0 Å². The van der Waals surface area contributed by atoms with Crippen LogP contribution < -0.4 is 0 Å². The van der Waals surface area contributed by atoms with Gasteiger partial charge in [0.2, 0.25) is 0 Å². The number of aromatic nitrogens is 2. The Hall–Kier alpha value is -7.34. The number of benzene rings is 8. The molecule has 0 aliphatic carbocycles. The van der Waals surface area contributed by atoms with Gasteiger partial charge in [-0.15, -0.1) is 11.3 Å². The maximum Gasteiger partial charge on any atom is 0.160 e. The lowest BCUT2D eigenvalue weighted by Gasteiger charge is -2.13. The minimum Gasteiger partial charge on any atom is -0.456 e. The number of rotatable bonds is 5. The van der Waals surface area contributed by atoms with Crippen molar-refractivity contribution in [2.45, 2.75) is 0 Å². The number of thiophene rings is 1. The van der Waals surface area contributed by atoms with Crippen LogP contribution in [-0.4, -0.2) is 9.97 Å². The van der Waals surface area contributed by atoms with Gasteiger partial charge in [0, 0.05) is 58.4 Å². The molecule has 0 spiro atoms. The fourth-order valence-corrected chi connectivity index (χ4v) is 9.35. The molecule has 12 aromatic rings. The Balaban J connectivity index is 1.09. The van der Waals surface area contributed by atoms with E-state index in [-0.39, 0.29) is 0 Å². The average Bonchev–Trinajstić information content (AvgIpc) is 3.97. The molecule has 57 heavy (non-hydrogen) atoms. The molecule has 8 aromatic carbocycles. The zero-order valence-electron chi connectivity index (χ0n) is 30.4. The predicted octanol–water partition coefficient (Wildman–Crippen LogP) is 15.0. The van der Waals surface area contributed by atoms with Gasteiger partial charge < -0.3 is 8.83 Å². The lowest BCUT2D eigenvalue weighted by Crippen LogP contribution is -1.96. The zero-order chi connectivity index (χ0) is 37.5. The van der Waals surface area contributed by atoms with Gasteiger partial charge in [-0.1, -0.05) is 103 Å². The van der Waals surface area contributed by atoms with Crippen molar-refractivity contribution in [2.24, 2.45) is 0 Å². The molecule has 266 valence electrons. The number of furan rings is 2. The number of fused-ring (bicyclic) bond motifs is 9. The number of hydrogen-bond donors (Lipinski definition) is 0. The molecule has 0 N–H and O–H groups in total. The van der Waals surface area contributed by atoms with Gasteiger partial charge in [-0.05, 0) is 101 Å². The predicted molar refractivity (Wildman–Crippen MR) is 237 cm³/mol. The first-order valence-electron chi connectivity index (χ1n) is 19.0. The molecular weight excluding hydrogens is 717 g/mol. The maximum absolute atomic E-state index is 6.23. The summed E-state index contributed by atoms with van der Waals surface area (Å²) in [5, 5.41) is 6.89. The number of para-hydroxylation sites is 2. The summed E-state index contributed by atoms with van der Waals surface area (Å²) < 4.78 is 15.0. The molecule has 0 aliphatic rings. The van der Waals surface area contributed by atoms with Crippen LogP contribution in [0.1, 0.15) is 0 Å². The van der Waals surface area contributed by atoms with E-state index in [1.54, 1.807) is 0 Å². The zero-order valence-corrected chi connectivity index (χ0v) is 31.3. The molecule has 4 aromatic heterocycles. The van der Waals surface area contributed by atoms with Gasteiger partial charge in [0.05, 0.1) is 11.4 Å². The molecular formula is C52H30N2O2S. The van der Waals surface area contributed by atoms with Crippen molar-refractivity contribution >= 4 is 75.4 Å². The molecule has 5 heteroatoms. The summed E-state index contributed by atoms with van der Waals surface area (Å²) in [6.45, 7) is 0. The number of hydrogen-bond acceptors (Lipinski definition) is 5. The van der Waals surface area contributed by atoms with Crippen molar-refractivity contribution in [1.29, 1.82) is 0 Å². The van der Waals surface area contributed by atoms with Gasteiger partial charge in [0.25, 0.3) is 0 Å². The van der Waals surface area contributed by atoms with Crippen LogP contribution in [0.3, 0.4) is 0 Å². The second-order valence-corrected chi connectivity index (χ2v) is 15.6. The van der Waals surface area contributed by atoms with Crippen LogP contribution in [-0.2, 0) is 0 Å². The molecule has 4 heterocycles. The Bertz CT molecular complexity index is 3410. The normalized spacial score (nSPS) is 11.9. The van der Waals surface area contributed by atoms with Crippen molar-refractivity contribution in [3.05, 3.63) is 182 Å². The average molecular weight is 747 g/mol. The first-order valence-corrected chi connectivity index (χ1v) is 19.9. The molecule has 4 nitrogen and oxygen atoms in total. The molecule has 0 fully saturated rings. The van der Waals surface area contributed by atoms with E-state index >= 15 is 0 Å². The lowest BCUT2D eigenvalue weighted by atomic mass is 9.93. The second kappa shape index (κ2) is 12.6. The summed E-state index contributed by atoms with van der Waals surface area (Å²) in [4.78, 5) is 10.5. The Morgan fingerprint density at radius 1 is 0.298 bits per heavy atom. The molecule has 0 unspecified atom stereocenters. The highest BCUT2D eigenvalue weighted by Crippen LogP contribution is 2.40. The van der Waals surface area contributed by atoms with Crippen molar-refractivity contribution in [3.8, 4) is 56.2 Å². The van der Waals surface area contributed by atoms with Gasteiger partial charge in [-0.25, -0.2) is 9.97 Å². The molecule has 0 atom stereocenters. The minimum absolute atomic E-state index is 0.683. The van der Waals surface area contributed by atoms with Gasteiger partial charge in [0.1, 0.15) is 22.3 Å². The third kappa shape index (κ3) is 5.35. The molecule has 0 aliphatic heterocycles. The first kappa shape index (κ1) is 32.0. The maximum atomic E-state index is 6.23. The van der Waals surface area contributed by atoms with E-state index in [1.165, 1.54) is 20.2 Å². The summed E-state index contributed by atoms with van der Waals surface area (Å²) in [7, 11) is 0. The van der Waals surface area contributed by atoms with Gasteiger partial charge in [-0.3, -0.25) is 0 Å². The topological polar surface area (TPSA) is 52.1 Å². The minimum atomic E-state index is 0.683. The monoisotopic (exact) mass is 746 g/mol. The van der Waals surface area contributed by atoms with E-state index in [9.17, 15) is 0 Å². The highest BCUT2D eigenvalue weighted by Gasteiger charge is 2.17. The van der Waals surface area contributed by atoms with Gasteiger partial charge >= 0.3 is 0 Å². The molecule has 12 rings (SSSR count). The van der Waals surface area contributed by atoms with E-state index < -0.39 is 0 Å². The Kier molecular flexibility index (Phi) is 7.06. The van der Waals surface area contributed by atoms with Gasteiger partial charge in [-0.2, -0.15) is 0 Å². The van der Waals surface area contributed by atoms with E-state index in [1.807, 2.05) is 53.8 Å². The van der Waals surface area contributed by atoms with Crippen LogP contribution >= 0.6 is 11.3 Å². The summed E-state index contributed by atoms with van der Waals surface area (Å²) in [6.07, 6.45) is 0. The lowest BCUT2D eigenvalue weighted by molar-refractivity contribution is 0.668. The third-order valence-electron chi connectivity index (χ3n) is 11.1. The quantitative estimate of drug-likeness (QED) is 0.176. The smallest absolute Gasteiger partial charge is 0.160 e. The third-order valence-corrected chi connectivity index (χ3v) is 12.2. The Morgan fingerprint density at radius 2 is 0.789 bits per heavy atom. The standard InChI is InChI=1S/C52H30N2O2S/c1-2-10-31(11-3-1)52-53-44(34-20-23-51-43(29-34)40-14-6-9-17-50(40)57-51)30-45(54-52)37-25-35(32-18-21-48-41(27-32)38-12-4-7-15-46(38)55-48)24-36(26-37)33-19-22-49-42(28-33)39-13-5-8-16-47(39)56-49/h1-30H. The van der Waals surface area contributed by atoms with E-state index in [4.69, 9.17) is 18.8 Å². The fraction of sp³-hybridized carbons (Fsp3) is 0. The molecule has 0 saturated carbocycles. The summed E-state index contributed by atoms with van der Waals surface area (Å²) >= 11 is 1.82. The van der Waals surface area contributed by atoms with Crippen LogP contribution in [0.25, 0.3) is 120 Å². The molecule has 0 saturated heterocycles. The van der Waals surface area contributed by atoms with Crippen LogP contribution in [0.15, 0.2) is 191 Å². The highest BCUT2D eigenvalue weighted by molar-refractivity contribution is 7.25. The molecule has 0 radical (unpaired) electrons. The summed E-state index contributed by atoms with van der Waals surface area (Å²) in [5.74, 6) is 0.683. The summed E-state index contributed by atoms with van der Waals surface area (Å²) in [6, 6.07) is 64.0. The van der Waals surface area contributed by atoms with Gasteiger partial charge in [0.15, 0.2) is 5.82 Å². The van der Waals surface area contributed by atoms with Crippen LogP contribution in [0.5, 0.6) is 0 Å². The second-order valence-electron chi connectivity index (χ2n) is 14.6.